The summed E-state index contributed by atoms with van der Waals surface area (Å²) in [6.45, 7) is 9.85. The Morgan fingerprint density at radius 1 is 1.19 bits per heavy atom. The van der Waals surface area contributed by atoms with E-state index in [0.29, 0.717) is 18.7 Å². The highest BCUT2D eigenvalue weighted by atomic mass is 16.3. The maximum Gasteiger partial charge on any atom is 0.255 e. The molecule has 4 N–H and O–H groups in total. The van der Waals surface area contributed by atoms with Gasteiger partial charge in [0.1, 0.15) is 5.84 Å². The summed E-state index contributed by atoms with van der Waals surface area (Å²) in [7, 11) is 0. The van der Waals surface area contributed by atoms with Crippen molar-refractivity contribution >= 4 is 23.1 Å². The number of allylic oxidation sites excluding steroid dienone is 3. The summed E-state index contributed by atoms with van der Waals surface area (Å²) in [6, 6.07) is 7.68. The van der Waals surface area contributed by atoms with Crippen molar-refractivity contribution in [2.45, 2.75) is 72.8 Å². The van der Waals surface area contributed by atoms with E-state index in [1.54, 1.807) is 18.5 Å². The molecule has 36 heavy (non-hydrogen) atoms. The summed E-state index contributed by atoms with van der Waals surface area (Å²) in [5.74, 6) is 0.184. The van der Waals surface area contributed by atoms with Crippen LogP contribution in [0.2, 0.25) is 0 Å². The maximum atomic E-state index is 13.3. The van der Waals surface area contributed by atoms with Gasteiger partial charge in [-0.3, -0.25) is 4.79 Å². The summed E-state index contributed by atoms with van der Waals surface area (Å²) < 4.78 is 0. The lowest BCUT2D eigenvalue weighted by Gasteiger charge is -2.21. The van der Waals surface area contributed by atoms with Crippen LogP contribution in [0, 0.1) is 6.92 Å². The molecule has 194 valence electrons. The second-order valence-corrected chi connectivity index (χ2v) is 8.69. The fraction of sp³-hybridized carbons (Fsp3) is 0.429. The highest BCUT2D eigenvalue weighted by Gasteiger charge is 2.20. The third-order valence-corrected chi connectivity index (χ3v) is 5.87. The molecular formula is C28H40N6O2. The third kappa shape index (κ3) is 8.02. The van der Waals surface area contributed by atoms with Gasteiger partial charge < -0.3 is 16.2 Å². The van der Waals surface area contributed by atoms with Gasteiger partial charge in [0.05, 0.1) is 30.6 Å². The Hall–Kier alpha value is -3.52. The van der Waals surface area contributed by atoms with E-state index in [0.717, 1.165) is 41.5 Å². The molecule has 0 bridgehead atoms. The van der Waals surface area contributed by atoms with Gasteiger partial charge in [0.15, 0.2) is 5.82 Å². The molecule has 2 aromatic rings. The minimum absolute atomic E-state index is 0.0757. The first-order chi connectivity index (χ1) is 17.4. The first-order valence-corrected chi connectivity index (χ1v) is 12.6. The van der Waals surface area contributed by atoms with Crippen molar-refractivity contribution in [3.8, 4) is 0 Å². The Balaban J connectivity index is 2.31. The second-order valence-electron chi connectivity index (χ2n) is 8.69. The van der Waals surface area contributed by atoms with Crippen LogP contribution >= 0.6 is 0 Å². The second kappa shape index (κ2) is 14.8. The number of amides is 1. The molecule has 1 atom stereocenters. The van der Waals surface area contributed by atoms with Crippen LogP contribution in [0.4, 0.5) is 0 Å². The van der Waals surface area contributed by atoms with Gasteiger partial charge in [0.2, 0.25) is 0 Å². The molecular weight excluding hydrogens is 452 g/mol. The number of carbonyl (C=O) groups is 1. The summed E-state index contributed by atoms with van der Waals surface area (Å²) in [5.41, 5.74) is 10.9. The zero-order chi connectivity index (χ0) is 26.5. The number of aromatic nitrogens is 3. The van der Waals surface area contributed by atoms with E-state index in [-0.39, 0.29) is 23.9 Å². The van der Waals surface area contributed by atoms with Crippen molar-refractivity contribution in [3.05, 3.63) is 71.1 Å². The lowest BCUT2D eigenvalue weighted by Crippen LogP contribution is -2.41. The number of aliphatic hydroxyl groups is 1. The Morgan fingerprint density at radius 2 is 1.89 bits per heavy atom. The fourth-order valence-electron chi connectivity index (χ4n) is 3.73. The number of aryl methyl sites for hydroxylation is 1. The first-order valence-electron chi connectivity index (χ1n) is 12.6. The van der Waals surface area contributed by atoms with Crippen LogP contribution in [-0.2, 0) is 4.79 Å². The van der Waals surface area contributed by atoms with Crippen molar-refractivity contribution in [2.24, 2.45) is 10.7 Å². The molecule has 0 fully saturated rings. The normalized spacial score (nSPS) is 14.4. The molecule has 0 radical (unpaired) electrons. The van der Waals surface area contributed by atoms with Gasteiger partial charge in [0, 0.05) is 0 Å². The van der Waals surface area contributed by atoms with Crippen molar-refractivity contribution in [1.29, 1.82) is 0 Å². The van der Waals surface area contributed by atoms with Gasteiger partial charge in [-0.05, 0) is 61.8 Å². The number of benzene rings is 1. The van der Waals surface area contributed by atoms with Gasteiger partial charge in [-0.15, -0.1) is 4.80 Å². The zero-order valence-electron chi connectivity index (χ0n) is 22.2. The number of aliphatic hydroxyl groups excluding tert-OH is 1. The average molecular weight is 493 g/mol. The van der Waals surface area contributed by atoms with Crippen LogP contribution < -0.4 is 11.1 Å². The van der Waals surface area contributed by atoms with Gasteiger partial charge in [-0.1, -0.05) is 63.6 Å². The molecule has 0 aliphatic carbocycles. The third-order valence-electron chi connectivity index (χ3n) is 5.87. The number of rotatable bonds is 13. The molecule has 0 unspecified atom stereocenters. The molecule has 0 saturated heterocycles. The fourth-order valence-corrected chi connectivity index (χ4v) is 3.73. The lowest BCUT2D eigenvalue weighted by molar-refractivity contribution is -0.117. The number of hydrogen-bond acceptors (Lipinski definition) is 5. The summed E-state index contributed by atoms with van der Waals surface area (Å²) in [5, 5.41) is 21.4. The van der Waals surface area contributed by atoms with Crippen LogP contribution in [0.25, 0.3) is 11.4 Å². The molecule has 0 saturated carbocycles. The molecule has 1 aromatic carbocycles. The molecule has 0 aliphatic rings. The van der Waals surface area contributed by atoms with Crippen LogP contribution in [-0.4, -0.2) is 44.5 Å². The number of nitrogens with zero attached hydrogens (tertiary/aromatic N) is 4. The zero-order valence-corrected chi connectivity index (χ0v) is 22.2. The number of nitrogens with one attached hydrogen (secondary N) is 1. The van der Waals surface area contributed by atoms with Crippen LogP contribution in [0.1, 0.15) is 70.9 Å². The molecule has 1 aromatic heterocycles. The molecule has 8 nitrogen and oxygen atoms in total. The van der Waals surface area contributed by atoms with Crippen molar-refractivity contribution in [3.63, 3.8) is 0 Å². The minimum Gasteiger partial charge on any atom is -0.394 e. The smallest absolute Gasteiger partial charge is 0.255 e. The van der Waals surface area contributed by atoms with Gasteiger partial charge in [0.25, 0.3) is 5.91 Å². The number of carbonyl (C=O) groups excluding carboxylic acids is 1. The predicted octanol–water partition coefficient (Wildman–Crippen LogP) is 4.63. The number of aliphatic imine (C=N–C) groups is 1. The van der Waals surface area contributed by atoms with E-state index in [4.69, 9.17) is 5.73 Å². The number of hydrogen-bond donors (Lipinski definition) is 3. The van der Waals surface area contributed by atoms with E-state index in [1.165, 1.54) is 4.80 Å². The van der Waals surface area contributed by atoms with E-state index in [1.807, 2.05) is 32.9 Å². The van der Waals surface area contributed by atoms with Crippen molar-refractivity contribution < 1.29 is 9.90 Å². The Labute approximate surface area is 214 Å². The topological polar surface area (TPSA) is 118 Å². The first kappa shape index (κ1) is 28.7. The number of amidine groups is 1. The minimum atomic E-state index is -0.478. The Morgan fingerprint density at radius 3 is 2.47 bits per heavy atom. The van der Waals surface area contributed by atoms with Crippen LogP contribution in [0.3, 0.4) is 0 Å². The summed E-state index contributed by atoms with van der Waals surface area (Å²) in [6.07, 6.45) is 10.8. The molecule has 1 heterocycles. The van der Waals surface area contributed by atoms with Gasteiger partial charge in [-0.25, -0.2) is 4.99 Å². The summed E-state index contributed by atoms with van der Waals surface area (Å²) >= 11 is 0. The average Bonchev–Trinajstić information content (AvgIpc) is 3.42. The van der Waals surface area contributed by atoms with E-state index < -0.39 is 6.04 Å². The number of nitrogens with two attached hydrogens (primary N) is 1. The molecule has 0 aliphatic heterocycles. The number of unbranched alkanes of at least 4 members (excludes halogenated alkanes) is 1. The molecule has 1 amide bonds. The van der Waals surface area contributed by atoms with Gasteiger partial charge >= 0.3 is 0 Å². The predicted molar refractivity (Wildman–Crippen MR) is 147 cm³/mol. The highest BCUT2D eigenvalue weighted by Crippen LogP contribution is 2.24. The highest BCUT2D eigenvalue weighted by molar-refractivity contribution is 6.20. The maximum absolute atomic E-state index is 13.3. The Kier molecular flexibility index (Phi) is 11.8. The van der Waals surface area contributed by atoms with E-state index in [9.17, 15) is 9.90 Å². The van der Waals surface area contributed by atoms with E-state index in [2.05, 4.69) is 52.6 Å². The van der Waals surface area contributed by atoms with Crippen molar-refractivity contribution in [2.75, 3.05) is 6.61 Å². The molecule has 8 heteroatoms. The summed E-state index contributed by atoms with van der Waals surface area (Å²) in [4.78, 5) is 19.3. The quantitative estimate of drug-likeness (QED) is 0.214. The van der Waals surface area contributed by atoms with Crippen LogP contribution in [0.5, 0.6) is 0 Å². The van der Waals surface area contributed by atoms with Crippen LogP contribution in [0.15, 0.2) is 64.9 Å². The monoisotopic (exact) mass is 492 g/mol. The molecule has 2 rings (SSSR count). The largest absolute Gasteiger partial charge is 0.394 e. The molecule has 0 spiro atoms. The van der Waals surface area contributed by atoms with E-state index >= 15 is 0 Å². The van der Waals surface area contributed by atoms with Gasteiger partial charge in [-0.2, -0.15) is 10.2 Å². The lowest BCUT2D eigenvalue weighted by atomic mass is 9.94. The standard InChI is InChI=1S/C28H40N6O2/c1-6-9-14-22(24-15-11-10-13-21(24)5)18-23(19-35)32-28(36)25(12-7-2)26(29)33-27(20(4)8-3)34-30-16-17-31-34/h10-17,23,35H,6-9,18-19H2,1-5H3,(H2,29,33)(H,32,36)/b22-14-,25-12-,27-20-/t23-/m0/s1. The Bertz CT molecular complexity index is 1110. The van der Waals surface area contributed by atoms with Crippen molar-refractivity contribution in [1.82, 2.24) is 20.3 Å². The SMILES string of the molecule is CC/C=C(C(=O)N[C@H](CO)C/C(=C/CCC)c1ccccc1C)/C(N)=N\C(=C(/C)CC)n1nccn1.